The van der Waals surface area contributed by atoms with E-state index in [1.54, 1.807) is 151 Å². The second-order valence-corrected chi connectivity index (χ2v) is 38.1. The first-order valence-corrected chi connectivity index (χ1v) is 46.3. The van der Waals surface area contributed by atoms with E-state index >= 15 is 0 Å². The Morgan fingerprint density at radius 3 is 1.31 bits per heavy atom. The van der Waals surface area contributed by atoms with Crippen molar-refractivity contribution >= 4 is 114 Å². The molecule has 0 aromatic heterocycles. The molecule has 44 heteroatoms. The van der Waals surface area contributed by atoms with E-state index in [1.807, 2.05) is 60.7 Å². The molecule has 5 unspecified atom stereocenters. The van der Waals surface area contributed by atoms with Gasteiger partial charge in [-0.1, -0.05) is 124 Å². The molecule has 6 aromatic carbocycles. The zero-order chi connectivity index (χ0) is 112. The number of halogens is 8. The first-order chi connectivity index (χ1) is 67.0. The van der Waals surface area contributed by atoms with Gasteiger partial charge in [-0.05, 0) is 192 Å². The number of hydroxylamine groups is 2. The van der Waals surface area contributed by atoms with Gasteiger partial charge in [-0.15, -0.1) is 68.1 Å². The van der Waals surface area contributed by atoms with Gasteiger partial charge in [0.25, 0.3) is 16.0 Å². The van der Waals surface area contributed by atoms with Crippen LogP contribution in [0.15, 0.2) is 168 Å². The largest absolute Gasteiger partial charge is 1.00 e. The number of aliphatic hydroxyl groups excluding tert-OH is 1. The maximum absolute atomic E-state index is 13.7. The topological polar surface area (TPSA) is 496 Å². The molecule has 0 spiro atoms. The molecule has 147 heavy (non-hydrogen) atoms. The van der Waals surface area contributed by atoms with Crippen LogP contribution in [0.1, 0.15) is 204 Å². The number of aliphatic hydroxyl groups is 1. The number of rotatable bonds is 26. The predicted molar refractivity (Wildman–Crippen MR) is 537 cm³/mol. The molecule has 3 amide bonds. The number of carbonyl (C=O) groups excluding carboxylic acids is 8. The summed E-state index contributed by atoms with van der Waals surface area (Å²) in [4.78, 5) is 118. The van der Waals surface area contributed by atoms with Crippen LogP contribution in [0.5, 0.6) is 0 Å². The Hall–Kier alpha value is -13.0. The number of esters is 2. The van der Waals surface area contributed by atoms with Crippen molar-refractivity contribution in [2.24, 2.45) is 20.7 Å². The quantitative estimate of drug-likeness (QED) is 0.00274. The SMILES string of the molecule is C#CCC(N)C(=O)OCC.C#CCC(N=C([O-])OC(C)(C)C)C(=O)c1cc(F)ccc1F.C#CCC(NC(=O)OC(C)(C)C)C(=O)N(C)OC.C#CCC(NC(=O)OC(C)(C)C)C(=O)O.C#CCOS(=O)(=O)c1ccc(Br)cc1.C#CC[C@H](N=C([O-])OC(C)(C)C)C(O)c1cc(F)ccc1F.CC(C)(C)OC(=O)OC(=O)OC(C)(C)C.CCOC(=O)CN=C(c1ccccc1)c1ccccc1.Fc1ccc(F)c(Br)c1.[Na+].[OH-]. The maximum Gasteiger partial charge on any atom is 1.00 e. The molecule has 0 heterocycles. The number of amides is 3. The Morgan fingerprint density at radius 1 is 0.517 bits per heavy atom. The van der Waals surface area contributed by atoms with Gasteiger partial charge in [-0.2, -0.15) is 8.42 Å². The Labute approximate surface area is 894 Å². The summed E-state index contributed by atoms with van der Waals surface area (Å²) in [6.45, 7) is 34.1. The van der Waals surface area contributed by atoms with Crippen molar-refractivity contribution in [2.45, 2.75) is 245 Å². The number of aliphatic carboxylic acids is 1. The molecule has 6 rings (SSSR count). The van der Waals surface area contributed by atoms with Crippen LogP contribution in [0.25, 0.3) is 0 Å². The van der Waals surface area contributed by atoms with Gasteiger partial charge in [0.2, 0.25) is 0 Å². The number of benzene rings is 6. The Bertz CT molecular complexity index is 5550. The van der Waals surface area contributed by atoms with Crippen LogP contribution in [0.4, 0.5) is 45.5 Å². The molecule has 0 bridgehead atoms. The van der Waals surface area contributed by atoms with E-state index in [4.69, 9.17) is 87.4 Å². The van der Waals surface area contributed by atoms with Crippen molar-refractivity contribution in [2.75, 3.05) is 40.5 Å². The van der Waals surface area contributed by atoms with Gasteiger partial charge in [0.1, 0.15) is 113 Å². The second kappa shape index (κ2) is 72.3. The number of aliphatic imine (C=N–C) groups is 3. The Morgan fingerprint density at radius 2 is 0.918 bits per heavy atom. The fourth-order valence-electron chi connectivity index (χ4n) is 9.37. The maximum atomic E-state index is 13.7. The van der Waals surface area contributed by atoms with Gasteiger partial charge in [0, 0.05) is 71.5 Å². The van der Waals surface area contributed by atoms with Crippen LogP contribution in [0.2, 0.25) is 0 Å². The van der Waals surface area contributed by atoms with Crippen LogP contribution >= 0.6 is 31.9 Å². The van der Waals surface area contributed by atoms with Gasteiger partial charge in [0.15, 0.2) is 5.78 Å². The third-order valence-electron chi connectivity index (χ3n) is 15.2. The zero-order valence-electron chi connectivity index (χ0n) is 86.0. The number of carboxylic acids is 1. The van der Waals surface area contributed by atoms with E-state index in [2.05, 4.69) is 107 Å². The number of terminal acetylenes is 6. The summed E-state index contributed by atoms with van der Waals surface area (Å²) in [5.74, 6) is 5.95. The number of carbonyl (C=O) groups is 9. The normalized spacial score (nSPS) is 12.0. The van der Waals surface area contributed by atoms with E-state index in [0.717, 1.165) is 81.0 Å². The predicted octanol–water partition coefficient (Wildman–Crippen LogP) is 13.1. The van der Waals surface area contributed by atoms with Crippen LogP contribution in [-0.2, 0) is 80.9 Å². The third-order valence-corrected chi connectivity index (χ3v) is 17.6. The number of nitrogens with one attached hydrogen (secondary N) is 2. The van der Waals surface area contributed by atoms with Gasteiger partial charge in [-0.3, -0.25) is 43.2 Å². The first kappa shape index (κ1) is 142. The summed E-state index contributed by atoms with van der Waals surface area (Å²) >= 11 is 6.03. The van der Waals surface area contributed by atoms with Crippen LogP contribution < -0.4 is 56.1 Å². The minimum atomic E-state index is -3.70. The van der Waals surface area contributed by atoms with Crippen molar-refractivity contribution in [3.05, 3.63) is 206 Å². The number of hydrogen-bond donors (Lipinski definition) is 5. The van der Waals surface area contributed by atoms with Gasteiger partial charge >= 0.3 is 72.0 Å². The summed E-state index contributed by atoms with van der Waals surface area (Å²) in [7, 11) is -0.924. The van der Waals surface area contributed by atoms with E-state index in [9.17, 15) is 93.2 Å². The van der Waals surface area contributed by atoms with Gasteiger partial charge in [0.05, 0.1) is 47.0 Å². The molecular formula is C103H126Br2F6N7NaO27S-2. The molecule has 0 saturated heterocycles. The van der Waals surface area contributed by atoms with Crippen molar-refractivity contribution in [1.82, 2.24) is 15.7 Å². The van der Waals surface area contributed by atoms with Crippen LogP contribution in [0.3, 0.4) is 0 Å². The molecule has 7 N–H and O–H groups in total. The molecule has 0 aliphatic rings. The van der Waals surface area contributed by atoms with Gasteiger partial charge < -0.3 is 84.9 Å². The minimum Gasteiger partial charge on any atom is -0.870 e. The first-order valence-electron chi connectivity index (χ1n) is 43.3. The molecule has 6 aromatic rings. The van der Waals surface area contributed by atoms with E-state index in [-0.39, 0.29) is 101 Å². The molecular weight excluding hydrogens is 2100 g/mol. The molecule has 0 aliphatic heterocycles. The number of likely N-dealkylation sites (N-methyl/N-ethyl adjacent to an activating group) is 1. The number of Topliss-reactive ketones (excluding diaryl/α,β-unsaturated/α-hetero) is 1. The van der Waals surface area contributed by atoms with Crippen LogP contribution in [0, 0.1) is 109 Å². The van der Waals surface area contributed by atoms with Crippen LogP contribution in [-0.4, -0.2) is 205 Å². The Kier molecular flexibility index (Phi) is 70.1. The van der Waals surface area contributed by atoms with Crippen molar-refractivity contribution in [1.29, 1.82) is 0 Å². The monoisotopic (exact) mass is 2220 g/mol. The molecule has 0 saturated carbocycles. The smallest absolute Gasteiger partial charge is 0.870 e. The van der Waals surface area contributed by atoms with Crippen molar-refractivity contribution < 1.29 is 185 Å². The number of carboxylic acid groups (broad SMARTS) is 1. The molecule has 6 atom stereocenters. The Balaban J connectivity index is -0.000000519. The summed E-state index contributed by atoms with van der Waals surface area (Å²) in [5, 5.41) is 47.8. The minimum absolute atomic E-state index is 0. The van der Waals surface area contributed by atoms with Crippen molar-refractivity contribution in [3.63, 3.8) is 0 Å². The average molecular weight is 2220 g/mol. The number of nitrogens with zero attached hydrogens (tertiary/aromatic N) is 4. The third kappa shape index (κ3) is 69.7. The summed E-state index contributed by atoms with van der Waals surface area (Å²) < 4.78 is 150. The summed E-state index contributed by atoms with van der Waals surface area (Å²) in [5.41, 5.74) is 3.00. The number of ether oxygens (including phenoxy) is 9. The molecule has 0 radical (unpaired) electrons. The molecule has 800 valence electrons. The zero-order valence-corrected chi connectivity index (χ0v) is 92.0. The number of alkyl carbamates (subject to hydrolysis) is 2. The second-order valence-electron chi connectivity index (χ2n) is 34.7. The molecule has 0 fully saturated rings. The van der Waals surface area contributed by atoms with E-state index < -0.39 is 181 Å². The average Bonchev–Trinajstić information content (AvgIpc) is 0.840. The summed E-state index contributed by atoms with van der Waals surface area (Å²) in [6.07, 6.45) is 23.0. The number of nitrogens with two attached hydrogens (primary N) is 1. The number of ketones is 1. The molecule has 34 nitrogen and oxygen atoms in total. The fraction of sp³-hybridized carbons (Fsp3) is 0.417. The van der Waals surface area contributed by atoms with Crippen molar-refractivity contribution in [3.8, 4) is 74.1 Å². The van der Waals surface area contributed by atoms with Gasteiger partial charge in [-0.25, -0.2) is 55.4 Å². The number of hydrogen-bond acceptors (Lipinski definition) is 30. The van der Waals surface area contributed by atoms with E-state index in [0.29, 0.717) is 13.2 Å². The van der Waals surface area contributed by atoms with E-state index in [1.165, 1.54) is 26.3 Å². The summed E-state index contributed by atoms with van der Waals surface area (Å²) in [6, 6.07) is 29.0. The standard InChI is InChI=1S/C17H17NO2.C16H19F2NO3.C16H17F2NO3.C12H20N2O4.C10H15NO4.C10H18O5.C9H7BrO3S.C7H11NO2.C6H3BrF2.Na.H2O/c1-2-20-16(19)13-18-17(14-9-5-3-6-10-14)15-11-7-4-8-12-15;2*1-5-6-13(19-15(21)22-16(2,3)4)14(20)11-9-10(17)7-8-12(11)18;1-7-8-9(10(15)14(5)17-6)13-11(16)18-12(2,3)4;1-5-6-7(8(12)13)11-9(14)15-10(2,3)4;1-9(2,3)14-7(11)13-8(12)15-10(4,5)6;1-2-7-13-14(11,12)9-5-3-8(10)4-6-9;1-3-5-6(8)7(9)10-4-2;7-5-3-4(8)1-2-6(5)9;;/h3-12H,2,13H2,1H3;1,7-9,13-14,20H,6H2,2-4H3,(H,19,21);1,7-9,13H,6H2,2-4H3,(H,19,21);1,9H,8H2,2-6H3,(H,13,16);1,7H,6H2,2-4H3,(H,11,14)(H,12,13);1-6H3;1,3-6H,7H2;1,6H,4-5,8H2,2H3;1-3H;;1H2/q;;;;;;;;;+1;/p-3/t;13-,14?;;;;;;;;;/m.0........./s1. The fourth-order valence-corrected chi connectivity index (χ4v) is 10.8. The molecule has 0 aliphatic carbocycles.